The molecule has 3 rings (SSSR count). The molecule has 0 radical (unpaired) electrons. The second-order valence-electron chi connectivity index (χ2n) is 3.61. The average molecular weight is 261 g/mol. The van der Waals surface area contributed by atoms with Crippen LogP contribution in [0.5, 0.6) is 11.6 Å². The summed E-state index contributed by atoms with van der Waals surface area (Å²) >= 11 is 1.45. The van der Waals surface area contributed by atoms with Crippen LogP contribution in [0.15, 0.2) is 36.0 Å². The van der Waals surface area contributed by atoms with Crippen LogP contribution in [-0.2, 0) is 0 Å². The minimum Gasteiger partial charge on any atom is -0.434 e. The van der Waals surface area contributed by atoms with Crippen molar-refractivity contribution in [3.63, 3.8) is 0 Å². The van der Waals surface area contributed by atoms with E-state index >= 15 is 0 Å². The quantitative estimate of drug-likeness (QED) is 0.719. The van der Waals surface area contributed by atoms with Gasteiger partial charge in [-0.15, -0.1) is 11.3 Å². The third-order valence-electron chi connectivity index (χ3n) is 2.37. The highest BCUT2D eigenvalue weighted by Gasteiger charge is 2.10. The van der Waals surface area contributed by atoms with Gasteiger partial charge in [-0.3, -0.25) is 0 Å². The highest BCUT2D eigenvalue weighted by Crippen LogP contribution is 2.31. The molecule has 2 N–H and O–H groups in total. The minimum absolute atomic E-state index is 0.0950. The molecule has 1 aromatic carbocycles. The molecule has 0 atom stereocenters. The number of halogens is 1. The normalized spacial score (nSPS) is 10.7. The summed E-state index contributed by atoms with van der Waals surface area (Å²) in [5, 5.41) is 1.88. The topological polar surface area (TPSA) is 61.0 Å². The smallest absolute Gasteiger partial charge is 0.240 e. The van der Waals surface area contributed by atoms with Gasteiger partial charge in [-0.25, -0.2) is 14.4 Å². The van der Waals surface area contributed by atoms with Gasteiger partial charge in [-0.1, -0.05) is 0 Å². The average Bonchev–Trinajstić information content (AvgIpc) is 2.82. The zero-order valence-corrected chi connectivity index (χ0v) is 9.95. The van der Waals surface area contributed by atoms with Gasteiger partial charge < -0.3 is 10.5 Å². The predicted molar refractivity (Wildman–Crippen MR) is 68.3 cm³/mol. The van der Waals surface area contributed by atoms with Crippen LogP contribution < -0.4 is 10.5 Å². The molecule has 0 unspecified atom stereocenters. The number of nitrogens with two attached hydrogens (primary N) is 1. The molecule has 0 aliphatic rings. The molecule has 0 amide bonds. The summed E-state index contributed by atoms with van der Waals surface area (Å²) in [4.78, 5) is 8.10. The number of ether oxygens (including phenoxy) is 1. The van der Waals surface area contributed by atoms with Gasteiger partial charge in [0.05, 0.1) is 5.52 Å². The molecule has 2 aromatic heterocycles. The number of benzene rings is 1. The molecule has 0 saturated carbocycles. The minimum atomic E-state index is -0.515. The predicted octanol–water partition coefficient (Wildman–Crippen LogP) is 3.20. The fourth-order valence-electron chi connectivity index (χ4n) is 1.54. The Bertz CT molecular complexity index is 713. The van der Waals surface area contributed by atoms with Crippen molar-refractivity contribution in [1.82, 2.24) is 9.97 Å². The van der Waals surface area contributed by atoms with Gasteiger partial charge >= 0.3 is 0 Å². The molecule has 18 heavy (non-hydrogen) atoms. The Balaban J connectivity index is 2.03. The number of anilines is 1. The molecule has 0 saturated heterocycles. The molecule has 4 nitrogen and oxygen atoms in total. The molecule has 0 spiro atoms. The van der Waals surface area contributed by atoms with E-state index in [4.69, 9.17) is 10.5 Å². The molecular formula is C12H8FN3OS. The van der Waals surface area contributed by atoms with Crippen LogP contribution in [0.4, 0.5) is 10.1 Å². The van der Waals surface area contributed by atoms with Crippen molar-refractivity contribution in [2.45, 2.75) is 0 Å². The van der Waals surface area contributed by atoms with E-state index in [0.29, 0.717) is 11.6 Å². The third kappa shape index (κ3) is 1.86. The lowest BCUT2D eigenvalue weighted by molar-refractivity contribution is 0.432. The van der Waals surface area contributed by atoms with Gasteiger partial charge in [-0.2, -0.15) is 0 Å². The summed E-state index contributed by atoms with van der Waals surface area (Å²) in [6.07, 6.45) is 1.39. The lowest BCUT2D eigenvalue weighted by Gasteiger charge is -2.06. The van der Waals surface area contributed by atoms with Crippen molar-refractivity contribution >= 4 is 27.2 Å². The fraction of sp³-hybridized carbons (Fsp3) is 0. The summed E-state index contributed by atoms with van der Waals surface area (Å²) < 4.78 is 19.9. The Morgan fingerprint density at radius 3 is 2.94 bits per heavy atom. The Hall–Kier alpha value is -2.21. The zero-order valence-electron chi connectivity index (χ0n) is 9.13. The van der Waals surface area contributed by atoms with Crippen LogP contribution in [0.1, 0.15) is 0 Å². The standard InChI is InChI=1S/C12H8FN3OS/c13-8-5-7(14)1-2-10(8)17-12-11-9(3-4-18-11)15-6-16-12/h1-6H,14H2. The van der Waals surface area contributed by atoms with Crippen molar-refractivity contribution < 1.29 is 9.13 Å². The Morgan fingerprint density at radius 1 is 1.22 bits per heavy atom. The van der Waals surface area contributed by atoms with Gasteiger partial charge in [0.15, 0.2) is 11.6 Å². The van der Waals surface area contributed by atoms with Crippen molar-refractivity contribution in [3.05, 3.63) is 41.8 Å². The van der Waals surface area contributed by atoms with E-state index in [1.807, 2.05) is 11.4 Å². The van der Waals surface area contributed by atoms with E-state index in [2.05, 4.69) is 9.97 Å². The maximum absolute atomic E-state index is 13.6. The number of hydrogen-bond acceptors (Lipinski definition) is 5. The van der Waals surface area contributed by atoms with Gasteiger partial charge in [0.2, 0.25) is 5.88 Å². The number of aromatic nitrogens is 2. The van der Waals surface area contributed by atoms with Crippen LogP contribution in [-0.4, -0.2) is 9.97 Å². The van der Waals surface area contributed by atoms with Gasteiger partial charge in [-0.05, 0) is 23.6 Å². The van der Waals surface area contributed by atoms with Crippen LogP contribution in [0, 0.1) is 5.82 Å². The van der Waals surface area contributed by atoms with Crippen molar-refractivity contribution in [2.75, 3.05) is 5.73 Å². The summed E-state index contributed by atoms with van der Waals surface area (Å²) in [7, 11) is 0. The Morgan fingerprint density at radius 2 is 2.11 bits per heavy atom. The molecule has 0 bridgehead atoms. The SMILES string of the molecule is Nc1ccc(Oc2ncnc3ccsc23)c(F)c1. The maximum atomic E-state index is 13.6. The van der Waals surface area contributed by atoms with E-state index in [1.165, 1.54) is 29.8 Å². The lowest BCUT2D eigenvalue weighted by atomic mass is 10.3. The molecule has 0 fully saturated rings. The van der Waals surface area contributed by atoms with Gasteiger partial charge in [0, 0.05) is 11.8 Å². The fourth-order valence-corrected chi connectivity index (χ4v) is 2.31. The van der Waals surface area contributed by atoms with Crippen LogP contribution >= 0.6 is 11.3 Å². The number of fused-ring (bicyclic) bond motifs is 1. The number of thiophene rings is 1. The van der Waals surface area contributed by atoms with E-state index < -0.39 is 5.82 Å². The zero-order chi connectivity index (χ0) is 12.5. The first-order valence-corrected chi connectivity index (χ1v) is 6.03. The number of nitrogen functional groups attached to an aromatic ring is 1. The van der Waals surface area contributed by atoms with E-state index in [1.54, 1.807) is 6.07 Å². The number of nitrogens with zero attached hydrogens (tertiary/aromatic N) is 2. The molecular weight excluding hydrogens is 253 g/mol. The summed E-state index contributed by atoms with van der Waals surface area (Å²) in [5.74, 6) is -0.0745. The van der Waals surface area contributed by atoms with E-state index in [9.17, 15) is 4.39 Å². The van der Waals surface area contributed by atoms with Gasteiger partial charge in [0.1, 0.15) is 11.0 Å². The van der Waals surface area contributed by atoms with Crippen molar-refractivity contribution in [2.24, 2.45) is 0 Å². The van der Waals surface area contributed by atoms with E-state index in [-0.39, 0.29) is 5.75 Å². The molecule has 0 aliphatic heterocycles. The largest absolute Gasteiger partial charge is 0.434 e. The number of rotatable bonds is 2. The Labute approximate surface area is 106 Å². The first-order valence-electron chi connectivity index (χ1n) is 5.15. The second-order valence-corrected chi connectivity index (χ2v) is 4.52. The van der Waals surface area contributed by atoms with Crippen LogP contribution in [0.25, 0.3) is 10.2 Å². The lowest BCUT2D eigenvalue weighted by Crippen LogP contribution is -1.93. The second kappa shape index (κ2) is 4.23. The monoisotopic (exact) mass is 261 g/mol. The molecule has 3 aromatic rings. The molecule has 90 valence electrons. The van der Waals surface area contributed by atoms with Crippen LogP contribution in [0.2, 0.25) is 0 Å². The summed E-state index contributed by atoms with van der Waals surface area (Å²) in [6.45, 7) is 0. The summed E-state index contributed by atoms with van der Waals surface area (Å²) in [5.41, 5.74) is 6.61. The highest BCUT2D eigenvalue weighted by molar-refractivity contribution is 7.17. The first-order chi connectivity index (χ1) is 8.74. The molecule has 0 aliphatic carbocycles. The highest BCUT2D eigenvalue weighted by atomic mass is 32.1. The molecule has 6 heteroatoms. The third-order valence-corrected chi connectivity index (χ3v) is 3.26. The van der Waals surface area contributed by atoms with E-state index in [0.717, 1.165) is 10.2 Å². The molecule has 2 heterocycles. The maximum Gasteiger partial charge on any atom is 0.240 e. The van der Waals surface area contributed by atoms with Gasteiger partial charge in [0.25, 0.3) is 0 Å². The van der Waals surface area contributed by atoms with Crippen molar-refractivity contribution in [3.8, 4) is 11.6 Å². The summed E-state index contributed by atoms with van der Waals surface area (Å²) in [6, 6.07) is 6.12. The number of hydrogen-bond donors (Lipinski definition) is 1. The Kier molecular flexibility index (Phi) is 2.56. The first kappa shape index (κ1) is 10.9. The van der Waals surface area contributed by atoms with Crippen molar-refractivity contribution in [1.29, 1.82) is 0 Å². The van der Waals surface area contributed by atoms with Crippen LogP contribution in [0.3, 0.4) is 0 Å².